The summed E-state index contributed by atoms with van der Waals surface area (Å²) in [6.07, 6.45) is 0. The number of hydrogen-bond acceptors (Lipinski definition) is 2. The Morgan fingerprint density at radius 3 is 2.13 bits per heavy atom. The fourth-order valence-corrected chi connectivity index (χ4v) is 1.61. The van der Waals surface area contributed by atoms with Crippen molar-refractivity contribution < 1.29 is 18.3 Å². The van der Waals surface area contributed by atoms with Gasteiger partial charge in [-0.3, -0.25) is 4.79 Å². The standard InChI is InChI=1S/C8H5Cl2F2NO2/c9-4-1-3(15-8(11)12)2-5(10)6(4)7(13)14/h1-2,8H,(H2,13,14). The highest BCUT2D eigenvalue weighted by Crippen LogP contribution is 2.30. The maximum atomic E-state index is 11.8. The lowest BCUT2D eigenvalue weighted by molar-refractivity contribution is -0.0498. The Kier molecular flexibility index (Phi) is 3.71. The molecule has 0 atom stereocenters. The SMILES string of the molecule is NC(=O)c1c(Cl)cc(OC(F)F)cc1Cl. The van der Waals surface area contributed by atoms with Gasteiger partial charge >= 0.3 is 6.61 Å². The molecule has 0 spiro atoms. The van der Waals surface area contributed by atoms with Crippen LogP contribution in [0.1, 0.15) is 10.4 Å². The highest BCUT2D eigenvalue weighted by Gasteiger charge is 2.15. The Labute approximate surface area is 93.7 Å². The second kappa shape index (κ2) is 4.63. The van der Waals surface area contributed by atoms with Crippen LogP contribution in [-0.2, 0) is 0 Å². The number of nitrogens with two attached hydrogens (primary N) is 1. The molecule has 0 radical (unpaired) electrons. The largest absolute Gasteiger partial charge is 0.435 e. The van der Waals surface area contributed by atoms with E-state index in [4.69, 9.17) is 28.9 Å². The summed E-state index contributed by atoms with van der Waals surface area (Å²) in [7, 11) is 0. The van der Waals surface area contributed by atoms with Crippen molar-refractivity contribution in [3.63, 3.8) is 0 Å². The minimum absolute atomic E-state index is 0.125. The molecule has 82 valence electrons. The van der Waals surface area contributed by atoms with Gasteiger partial charge in [0.25, 0.3) is 5.91 Å². The summed E-state index contributed by atoms with van der Waals surface area (Å²) in [6, 6.07) is 2.08. The van der Waals surface area contributed by atoms with E-state index in [1.807, 2.05) is 0 Å². The quantitative estimate of drug-likeness (QED) is 0.903. The predicted molar refractivity (Wildman–Crippen MR) is 51.6 cm³/mol. The maximum absolute atomic E-state index is 11.8. The van der Waals surface area contributed by atoms with Crippen molar-refractivity contribution in [2.24, 2.45) is 5.73 Å². The van der Waals surface area contributed by atoms with Crippen LogP contribution in [-0.4, -0.2) is 12.5 Å². The topological polar surface area (TPSA) is 52.3 Å². The molecule has 3 nitrogen and oxygen atoms in total. The molecule has 1 rings (SSSR count). The smallest absolute Gasteiger partial charge is 0.387 e. The summed E-state index contributed by atoms with van der Waals surface area (Å²) >= 11 is 11.2. The third kappa shape index (κ3) is 2.94. The molecule has 0 aliphatic rings. The zero-order chi connectivity index (χ0) is 11.6. The van der Waals surface area contributed by atoms with Gasteiger partial charge in [-0.1, -0.05) is 23.2 Å². The third-order valence-electron chi connectivity index (χ3n) is 1.49. The summed E-state index contributed by atoms with van der Waals surface area (Å²) in [4.78, 5) is 10.8. The number of hydrogen-bond donors (Lipinski definition) is 1. The number of carbonyl (C=O) groups is 1. The summed E-state index contributed by atoms with van der Waals surface area (Å²) < 4.78 is 27.7. The summed E-state index contributed by atoms with van der Waals surface area (Å²) in [6.45, 7) is -2.99. The summed E-state index contributed by atoms with van der Waals surface area (Å²) in [5, 5.41) is -0.267. The maximum Gasteiger partial charge on any atom is 0.387 e. The van der Waals surface area contributed by atoms with Crippen molar-refractivity contribution >= 4 is 29.1 Å². The van der Waals surface area contributed by atoms with Gasteiger partial charge in [0.2, 0.25) is 0 Å². The lowest BCUT2D eigenvalue weighted by Gasteiger charge is -2.08. The average Bonchev–Trinajstić information content (AvgIpc) is 1.99. The molecule has 1 amide bonds. The van der Waals surface area contributed by atoms with Crippen LogP contribution in [0.4, 0.5) is 8.78 Å². The van der Waals surface area contributed by atoms with Crippen LogP contribution in [0.15, 0.2) is 12.1 Å². The molecule has 0 saturated carbocycles. The lowest BCUT2D eigenvalue weighted by Crippen LogP contribution is -2.12. The second-order valence-electron chi connectivity index (χ2n) is 2.50. The first-order valence-electron chi connectivity index (χ1n) is 3.65. The van der Waals surface area contributed by atoms with E-state index in [1.165, 1.54) is 0 Å². The number of amides is 1. The van der Waals surface area contributed by atoms with E-state index in [9.17, 15) is 13.6 Å². The number of carbonyl (C=O) groups excluding carboxylic acids is 1. The average molecular weight is 256 g/mol. The lowest BCUT2D eigenvalue weighted by atomic mass is 10.2. The van der Waals surface area contributed by atoms with Gasteiger partial charge in [-0.15, -0.1) is 0 Å². The molecular formula is C8H5Cl2F2NO2. The van der Waals surface area contributed by atoms with Crippen LogP contribution in [0.25, 0.3) is 0 Å². The van der Waals surface area contributed by atoms with E-state index in [0.29, 0.717) is 0 Å². The van der Waals surface area contributed by atoms with Crippen molar-refractivity contribution in [3.8, 4) is 5.75 Å². The Hall–Kier alpha value is -1.07. The predicted octanol–water partition coefficient (Wildman–Crippen LogP) is 2.69. The van der Waals surface area contributed by atoms with Crippen molar-refractivity contribution in [1.82, 2.24) is 0 Å². The Morgan fingerprint density at radius 2 is 1.80 bits per heavy atom. The number of primary amides is 1. The van der Waals surface area contributed by atoms with Gasteiger partial charge in [-0.2, -0.15) is 8.78 Å². The zero-order valence-corrected chi connectivity index (χ0v) is 8.65. The Bertz CT molecular complexity index is 375. The van der Waals surface area contributed by atoms with Gasteiger partial charge in [-0.25, -0.2) is 0 Å². The van der Waals surface area contributed by atoms with Gasteiger partial charge < -0.3 is 10.5 Å². The minimum atomic E-state index is -2.99. The molecule has 2 N–H and O–H groups in total. The number of ether oxygens (including phenoxy) is 1. The first kappa shape index (κ1) is 12.0. The van der Waals surface area contributed by atoms with Gasteiger partial charge in [0.1, 0.15) is 5.75 Å². The minimum Gasteiger partial charge on any atom is -0.435 e. The number of rotatable bonds is 3. The van der Waals surface area contributed by atoms with Crippen molar-refractivity contribution in [1.29, 1.82) is 0 Å². The molecule has 1 aromatic carbocycles. The van der Waals surface area contributed by atoms with Crippen molar-refractivity contribution in [2.75, 3.05) is 0 Å². The molecular weight excluding hydrogens is 251 g/mol. The fourth-order valence-electron chi connectivity index (χ4n) is 0.956. The molecule has 0 saturated heterocycles. The monoisotopic (exact) mass is 255 g/mol. The van der Waals surface area contributed by atoms with Crippen LogP contribution in [0, 0.1) is 0 Å². The second-order valence-corrected chi connectivity index (χ2v) is 3.32. The van der Waals surface area contributed by atoms with E-state index in [-0.39, 0.29) is 21.4 Å². The molecule has 0 aliphatic heterocycles. The number of alkyl halides is 2. The Balaban J connectivity index is 3.14. The third-order valence-corrected chi connectivity index (χ3v) is 2.08. The van der Waals surface area contributed by atoms with E-state index in [1.54, 1.807) is 0 Å². The molecule has 7 heteroatoms. The van der Waals surface area contributed by atoms with Crippen LogP contribution in [0.3, 0.4) is 0 Å². The highest BCUT2D eigenvalue weighted by atomic mass is 35.5. The Morgan fingerprint density at radius 1 is 1.33 bits per heavy atom. The molecule has 1 aromatic rings. The first-order valence-corrected chi connectivity index (χ1v) is 4.41. The van der Waals surface area contributed by atoms with E-state index >= 15 is 0 Å². The molecule has 0 aliphatic carbocycles. The first-order chi connectivity index (χ1) is 6.91. The van der Waals surface area contributed by atoms with Crippen LogP contribution >= 0.6 is 23.2 Å². The highest BCUT2D eigenvalue weighted by molar-refractivity contribution is 6.39. The van der Waals surface area contributed by atoms with Crippen LogP contribution < -0.4 is 10.5 Å². The molecule has 0 fully saturated rings. The van der Waals surface area contributed by atoms with E-state index in [2.05, 4.69) is 4.74 Å². The molecule has 0 unspecified atom stereocenters. The fraction of sp³-hybridized carbons (Fsp3) is 0.125. The van der Waals surface area contributed by atoms with Crippen molar-refractivity contribution in [2.45, 2.75) is 6.61 Å². The van der Waals surface area contributed by atoms with Gasteiger partial charge in [-0.05, 0) is 12.1 Å². The van der Waals surface area contributed by atoms with Crippen LogP contribution in [0.5, 0.6) is 5.75 Å². The van der Waals surface area contributed by atoms with E-state index < -0.39 is 12.5 Å². The normalized spacial score (nSPS) is 10.5. The van der Waals surface area contributed by atoms with Gasteiger partial charge in [0.05, 0.1) is 15.6 Å². The molecule has 0 aromatic heterocycles. The molecule has 0 heterocycles. The molecule has 0 bridgehead atoms. The summed E-state index contributed by atoms with van der Waals surface area (Å²) in [5.41, 5.74) is 4.84. The van der Waals surface area contributed by atoms with Crippen LogP contribution in [0.2, 0.25) is 10.0 Å². The zero-order valence-electron chi connectivity index (χ0n) is 7.14. The van der Waals surface area contributed by atoms with Gasteiger partial charge in [0.15, 0.2) is 0 Å². The summed E-state index contributed by atoms with van der Waals surface area (Å²) in [5.74, 6) is -1.07. The van der Waals surface area contributed by atoms with Crippen molar-refractivity contribution in [3.05, 3.63) is 27.7 Å². The number of halogens is 4. The van der Waals surface area contributed by atoms with E-state index in [0.717, 1.165) is 12.1 Å². The molecule has 15 heavy (non-hydrogen) atoms. The van der Waals surface area contributed by atoms with Gasteiger partial charge in [0, 0.05) is 0 Å². The number of benzene rings is 1.